The summed E-state index contributed by atoms with van der Waals surface area (Å²) in [5.74, 6) is 0.360. The zero-order valence-corrected chi connectivity index (χ0v) is 11.2. The molecule has 0 fully saturated rings. The van der Waals surface area contributed by atoms with E-state index in [0.717, 1.165) is 22.4 Å². The molecule has 0 aliphatic carbocycles. The number of rotatable bonds is 3. The van der Waals surface area contributed by atoms with Gasteiger partial charge in [0.1, 0.15) is 5.75 Å². The summed E-state index contributed by atoms with van der Waals surface area (Å²) in [4.78, 5) is 0. The van der Waals surface area contributed by atoms with E-state index in [1.807, 2.05) is 45.4 Å². The van der Waals surface area contributed by atoms with Gasteiger partial charge in [0, 0.05) is 30.1 Å². The lowest BCUT2D eigenvalue weighted by Crippen LogP contribution is -2.07. The summed E-state index contributed by atoms with van der Waals surface area (Å²) < 4.78 is 1.78. The van der Waals surface area contributed by atoms with Crippen molar-refractivity contribution in [2.45, 2.75) is 26.8 Å². The topological polar surface area (TPSA) is 50.1 Å². The highest BCUT2D eigenvalue weighted by atomic mass is 16.3. The summed E-state index contributed by atoms with van der Waals surface area (Å²) in [5.41, 5.74) is 3.85. The van der Waals surface area contributed by atoms with Crippen molar-refractivity contribution in [3.05, 3.63) is 41.2 Å². The highest BCUT2D eigenvalue weighted by Gasteiger charge is 2.11. The molecule has 2 aromatic rings. The average Bonchev–Trinajstić information content (AvgIpc) is 2.77. The smallest absolute Gasteiger partial charge is 0.123 e. The minimum atomic E-state index is 0.152. The van der Waals surface area contributed by atoms with Crippen LogP contribution in [-0.2, 0) is 7.05 Å². The van der Waals surface area contributed by atoms with Gasteiger partial charge in [-0.25, -0.2) is 0 Å². The molecule has 0 radical (unpaired) electrons. The van der Waals surface area contributed by atoms with Crippen molar-refractivity contribution in [2.75, 3.05) is 5.32 Å². The first-order valence-corrected chi connectivity index (χ1v) is 6.03. The number of anilines is 1. The minimum absolute atomic E-state index is 0.152. The lowest BCUT2D eigenvalue weighted by Gasteiger charge is -2.17. The Bertz CT molecular complexity index is 560. The Labute approximate surface area is 107 Å². The Morgan fingerprint density at radius 3 is 2.67 bits per heavy atom. The Morgan fingerprint density at radius 2 is 2.06 bits per heavy atom. The fourth-order valence-corrected chi connectivity index (χ4v) is 1.97. The number of aromatic hydroxyl groups is 1. The van der Waals surface area contributed by atoms with Gasteiger partial charge in [-0.15, -0.1) is 0 Å². The Balaban J connectivity index is 2.22. The first-order chi connectivity index (χ1) is 8.49. The van der Waals surface area contributed by atoms with Gasteiger partial charge in [0.2, 0.25) is 0 Å². The number of phenolic OH excluding ortho intramolecular Hbond substituents is 1. The number of hydrogen-bond donors (Lipinski definition) is 2. The monoisotopic (exact) mass is 245 g/mol. The Kier molecular flexibility index (Phi) is 3.28. The van der Waals surface area contributed by atoms with E-state index < -0.39 is 0 Å². The molecule has 0 spiro atoms. The predicted octanol–water partition coefficient (Wildman–Crippen LogP) is 2.92. The summed E-state index contributed by atoms with van der Waals surface area (Å²) in [7, 11) is 1.90. The van der Waals surface area contributed by atoms with Gasteiger partial charge in [0.05, 0.1) is 12.2 Å². The molecule has 2 N–H and O–H groups in total. The first-order valence-electron chi connectivity index (χ1n) is 6.03. The third-order valence-corrected chi connectivity index (χ3v) is 3.23. The van der Waals surface area contributed by atoms with Gasteiger partial charge < -0.3 is 10.4 Å². The van der Waals surface area contributed by atoms with Crippen LogP contribution in [0.15, 0.2) is 24.5 Å². The zero-order valence-electron chi connectivity index (χ0n) is 11.2. The number of phenols is 1. The van der Waals surface area contributed by atoms with Crippen LogP contribution in [-0.4, -0.2) is 14.9 Å². The third kappa shape index (κ3) is 2.32. The standard InChI is InChI=1S/C14H19N3O/c1-9-5-6-13(10(2)14(9)18)16-11(3)12-7-15-17(4)8-12/h5-8,11,16,18H,1-4H3. The molecule has 1 atom stereocenters. The normalized spacial score (nSPS) is 12.4. The number of aromatic nitrogens is 2. The molecule has 96 valence electrons. The quantitative estimate of drug-likeness (QED) is 0.874. The van der Waals surface area contributed by atoms with E-state index >= 15 is 0 Å². The molecule has 0 aliphatic rings. The molecule has 4 heteroatoms. The van der Waals surface area contributed by atoms with Crippen LogP contribution in [0.5, 0.6) is 5.75 Å². The molecule has 0 amide bonds. The zero-order chi connectivity index (χ0) is 13.3. The molecular weight excluding hydrogens is 226 g/mol. The van der Waals surface area contributed by atoms with E-state index in [1.54, 1.807) is 4.68 Å². The summed E-state index contributed by atoms with van der Waals surface area (Å²) >= 11 is 0. The van der Waals surface area contributed by atoms with Crippen molar-refractivity contribution < 1.29 is 5.11 Å². The van der Waals surface area contributed by atoms with Crippen LogP contribution >= 0.6 is 0 Å². The number of aryl methyl sites for hydroxylation is 2. The SMILES string of the molecule is Cc1ccc(NC(C)c2cnn(C)c2)c(C)c1O. The summed E-state index contributed by atoms with van der Waals surface area (Å²) in [6, 6.07) is 4.07. The van der Waals surface area contributed by atoms with Crippen LogP contribution in [0.25, 0.3) is 0 Å². The predicted molar refractivity (Wildman–Crippen MR) is 72.8 cm³/mol. The second-order valence-corrected chi connectivity index (χ2v) is 4.72. The van der Waals surface area contributed by atoms with E-state index in [1.165, 1.54) is 0 Å². The maximum Gasteiger partial charge on any atom is 0.123 e. The molecule has 0 saturated heterocycles. The number of hydrogen-bond acceptors (Lipinski definition) is 3. The minimum Gasteiger partial charge on any atom is -0.507 e. The van der Waals surface area contributed by atoms with Crippen molar-refractivity contribution in [2.24, 2.45) is 7.05 Å². The van der Waals surface area contributed by atoms with Crippen molar-refractivity contribution in [3.63, 3.8) is 0 Å². The highest BCUT2D eigenvalue weighted by molar-refractivity contribution is 5.59. The van der Waals surface area contributed by atoms with Crippen molar-refractivity contribution in [1.29, 1.82) is 0 Å². The van der Waals surface area contributed by atoms with E-state index in [-0.39, 0.29) is 6.04 Å². The maximum absolute atomic E-state index is 9.92. The number of nitrogens with zero attached hydrogens (tertiary/aromatic N) is 2. The van der Waals surface area contributed by atoms with E-state index in [2.05, 4.69) is 17.3 Å². The second kappa shape index (κ2) is 4.72. The van der Waals surface area contributed by atoms with Crippen LogP contribution in [0.2, 0.25) is 0 Å². The van der Waals surface area contributed by atoms with Gasteiger partial charge in [0.25, 0.3) is 0 Å². The first kappa shape index (κ1) is 12.5. The van der Waals surface area contributed by atoms with E-state index in [0.29, 0.717) is 5.75 Å². The fraction of sp³-hybridized carbons (Fsp3) is 0.357. The molecule has 4 nitrogen and oxygen atoms in total. The molecule has 1 aromatic heterocycles. The summed E-state index contributed by atoms with van der Waals surface area (Å²) in [6.45, 7) is 5.89. The Morgan fingerprint density at radius 1 is 1.33 bits per heavy atom. The van der Waals surface area contributed by atoms with E-state index in [4.69, 9.17) is 0 Å². The van der Waals surface area contributed by atoms with Gasteiger partial charge in [-0.3, -0.25) is 4.68 Å². The molecule has 0 saturated carbocycles. The highest BCUT2D eigenvalue weighted by Crippen LogP contribution is 2.30. The molecule has 1 heterocycles. The van der Waals surface area contributed by atoms with Gasteiger partial charge in [-0.1, -0.05) is 6.07 Å². The molecular formula is C14H19N3O. The molecule has 1 aromatic carbocycles. The van der Waals surface area contributed by atoms with E-state index in [9.17, 15) is 5.11 Å². The van der Waals surface area contributed by atoms with Crippen LogP contribution < -0.4 is 5.32 Å². The average molecular weight is 245 g/mol. The van der Waals surface area contributed by atoms with Crippen LogP contribution in [0.3, 0.4) is 0 Å². The van der Waals surface area contributed by atoms with Crippen molar-refractivity contribution >= 4 is 5.69 Å². The molecule has 1 unspecified atom stereocenters. The lowest BCUT2D eigenvalue weighted by atomic mass is 10.1. The van der Waals surface area contributed by atoms with Gasteiger partial charge in [0.15, 0.2) is 0 Å². The Hall–Kier alpha value is -1.97. The van der Waals surface area contributed by atoms with Crippen LogP contribution in [0, 0.1) is 13.8 Å². The second-order valence-electron chi connectivity index (χ2n) is 4.72. The molecule has 2 rings (SSSR count). The van der Waals surface area contributed by atoms with Gasteiger partial charge in [-0.05, 0) is 32.4 Å². The fourth-order valence-electron chi connectivity index (χ4n) is 1.97. The molecule has 18 heavy (non-hydrogen) atoms. The summed E-state index contributed by atoms with van der Waals surface area (Å²) in [5, 5.41) is 17.5. The van der Waals surface area contributed by atoms with Gasteiger partial charge in [-0.2, -0.15) is 5.10 Å². The van der Waals surface area contributed by atoms with Crippen LogP contribution in [0.1, 0.15) is 29.7 Å². The third-order valence-electron chi connectivity index (χ3n) is 3.23. The number of benzene rings is 1. The molecule has 0 aliphatic heterocycles. The maximum atomic E-state index is 9.92. The lowest BCUT2D eigenvalue weighted by molar-refractivity contribution is 0.467. The van der Waals surface area contributed by atoms with Crippen LogP contribution in [0.4, 0.5) is 5.69 Å². The largest absolute Gasteiger partial charge is 0.507 e. The molecule has 0 bridgehead atoms. The van der Waals surface area contributed by atoms with Gasteiger partial charge >= 0.3 is 0 Å². The van der Waals surface area contributed by atoms with Crippen molar-refractivity contribution in [3.8, 4) is 5.75 Å². The van der Waals surface area contributed by atoms with Crippen molar-refractivity contribution in [1.82, 2.24) is 9.78 Å². The summed E-state index contributed by atoms with van der Waals surface area (Å²) in [6.07, 6.45) is 3.84. The number of nitrogens with one attached hydrogen (secondary N) is 1.